The largest absolute Gasteiger partial charge is 0.326 e. The van der Waals surface area contributed by atoms with E-state index in [1.807, 2.05) is 78.9 Å². The first-order valence-corrected chi connectivity index (χ1v) is 13.3. The number of nitrogens with one attached hydrogen (secondary N) is 1. The molecule has 2 atom stereocenters. The van der Waals surface area contributed by atoms with E-state index < -0.39 is 5.54 Å². The molecule has 0 bridgehead atoms. The molecule has 2 saturated heterocycles. The molecule has 1 aromatic heterocycles. The molecule has 4 aromatic rings. The van der Waals surface area contributed by atoms with Crippen LogP contribution in [0.4, 0.5) is 4.79 Å². The van der Waals surface area contributed by atoms with Gasteiger partial charge in [-0.25, -0.2) is 14.7 Å². The summed E-state index contributed by atoms with van der Waals surface area (Å²) in [6.45, 7) is 1.09. The summed E-state index contributed by atoms with van der Waals surface area (Å²) in [6.07, 6.45) is 3.52. The summed E-state index contributed by atoms with van der Waals surface area (Å²) in [5.41, 5.74) is 1.68. The van der Waals surface area contributed by atoms with Crippen molar-refractivity contribution in [2.75, 3.05) is 13.2 Å². The Morgan fingerprint density at radius 3 is 2.42 bits per heavy atom. The van der Waals surface area contributed by atoms with Gasteiger partial charge in [0.15, 0.2) is 5.54 Å². The summed E-state index contributed by atoms with van der Waals surface area (Å²) in [5.74, 6) is -0.198. The standard InChI is InChI=1S/C29H28N4O2S/c34-27-29(22-13-5-2-6-14-22,19-21-11-3-1-4-12-21)31-28(35)33(27)20-32-18-10-9-16-24(32)26-30-23-15-7-8-17-25(23)36-26/h1-8,11-15,17,24H,9-10,16,18-20H2,(H,31,35)/t24-,29-/m1/s1. The van der Waals surface area contributed by atoms with Crippen molar-refractivity contribution in [3.63, 3.8) is 0 Å². The van der Waals surface area contributed by atoms with Crippen molar-refractivity contribution >= 4 is 33.5 Å². The highest BCUT2D eigenvalue weighted by molar-refractivity contribution is 7.18. The molecule has 0 aliphatic carbocycles. The van der Waals surface area contributed by atoms with Gasteiger partial charge in [0.25, 0.3) is 5.91 Å². The van der Waals surface area contributed by atoms with Crippen molar-refractivity contribution < 1.29 is 9.59 Å². The number of aromatic nitrogens is 1. The Labute approximate surface area is 214 Å². The predicted molar refractivity (Wildman–Crippen MR) is 141 cm³/mol. The van der Waals surface area contributed by atoms with Crippen LogP contribution in [0.3, 0.4) is 0 Å². The van der Waals surface area contributed by atoms with Crippen LogP contribution in [0.25, 0.3) is 10.2 Å². The summed E-state index contributed by atoms with van der Waals surface area (Å²) in [4.78, 5) is 36.0. The Kier molecular flexibility index (Phi) is 6.03. The Bertz CT molecular complexity index is 1360. The maximum absolute atomic E-state index is 14.1. The zero-order chi connectivity index (χ0) is 24.5. The van der Waals surface area contributed by atoms with E-state index in [9.17, 15) is 9.59 Å². The molecule has 0 unspecified atom stereocenters. The number of fused-ring (bicyclic) bond motifs is 1. The predicted octanol–water partition coefficient (Wildman–Crippen LogP) is 5.47. The number of thiazole rings is 1. The monoisotopic (exact) mass is 496 g/mol. The summed E-state index contributed by atoms with van der Waals surface area (Å²) >= 11 is 1.71. The smallest absolute Gasteiger partial charge is 0.319 e. The zero-order valence-corrected chi connectivity index (χ0v) is 20.8. The van der Waals surface area contributed by atoms with E-state index in [-0.39, 0.29) is 24.6 Å². The number of carbonyl (C=O) groups excluding carboxylic acids is 2. The number of likely N-dealkylation sites (tertiary alicyclic amines) is 1. The Morgan fingerprint density at radius 1 is 0.917 bits per heavy atom. The fourth-order valence-electron chi connectivity index (χ4n) is 5.45. The molecule has 36 heavy (non-hydrogen) atoms. The van der Waals surface area contributed by atoms with Gasteiger partial charge >= 0.3 is 6.03 Å². The minimum Gasteiger partial charge on any atom is -0.319 e. The third kappa shape index (κ3) is 4.08. The van der Waals surface area contributed by atoms with Crippen molar-refractivity contribution in [3.05, 3.63) is 101 Å². The molecular formula is C29H28N4O2S. The highest BCUT2D eigenvalue weighted by Crippen LogP contribution is 2.38. The molecule has 3 aromatic carbocycles. The highest BCUT2D eigenvalue weighted by atomic mass is 32.1. The second kappa shape index (κ2) is 9.48. The first-order chi connectivity index (χ1) is 17.6. The van der Waals surface area contributed by atoms with Crippen molar-refractivity contribution in [1.29, 1.82) is 0 Å². The normalized spacial score (nSPS) is 22.8. The minimum absolute atomic E-state index is 0.0950. The van der Waals surface area contributed by atoms with Crippen molar-refractivity contribution in [3.8, 4) is 0 Å². The lowest BCUT2D eigenvalue weighted by Crippen LogP contribution is -2.48. The Balaban J connectivity index is 1.31. The summed E-state index contributed by atoms with van der Waals surface area (Å²) in [5, 5.41) is 4.15. The number of nitrogens with zero attached hydrogens (tertiary/aromatic N) is 3. The Hall–Kier alpha value is -3.55. The first kappa shape index (κ1) is 22.9. The van der Waals surface area contributed by atoms with Crippen LogP contribution in [-0.2, 0) is 16.8 Å². The van der Waals surface area contributed by atoms with Crippen LogP contribution in [0.5, 0.6) is 0 Å². The van der Waals surface area contributed by atoms with Crippen molar-refractivity contribution in [1.82, 2.24) is 20.1 Å². The number of piperidine rings is 1. The van der Waals surface area contributed by atoms with E-state index in [2.05, 4.69) is 16.3 Å². The molecule has 3 amide bonds. The summed E-state index contributed by atoms with van der Waals surface area (Å²) < 4.78 is 1.17. The van der Waals surface area contributed by atoms with Gasteiger partial charge in [0.2, 0.25) is 0 Å². The topological polar surface area (TPSA) is 65.5 Å². The van der Waals surface area contributed by atoms with Gasteiger partial charge in [-0.1, -0.05) is 79.2 Å². The van der Waals surface area contributed by atoms with E-state index in [4.69, 9.17) is 4.98 Å². The van der Waals surface area contributed by atoms with Crippen LogP contribution in [0.2, 0.25) is 0 Å². The lowest BCUT2D eigenvalue weighted by molar-refractivity contribution is -0.133. The van der Waals surface area contributed by atoms with Gasteiger partial charge < -0.3 is 5.32 Å². The lowest BCUT2D eigenvalue weighted by atomic mass is 9.83. The zero-order valence-electron chi connectivity index (χ0n) is 20.0. The van der Waals surface area contributed by atoms with Crippen LogP contribution >= 0.6 is 11.3 Å². The van der Waals surface area contributed by atoms with E-state index >= 15 is 0 Å². The van der Waals surface area contributed by atoms with Crippen molar-refractivity contribution in [2.24, 2.45) is 0 Å². The molecule has 0 radical (unpaired) electrons. The molecule has 6 rings (SSSR count). The SMILES string of the molecule is O=C1N[C@](Cc2ccccc2)(c2ccccc2)C(=O)N1CN1CCCC[C@@H]1c1nc2ccccc2s1. The number of para-hydroxylation sites is 1. The van der Waals surface area contributed by atoms with E-state index in [0.717, 1.165) is 47.5 Å². The molecule has 0 saturated carbocycles. The fourth-order valence-corrected chi connectivity index (χ4v) is 6.59. The van der Waals surface area contributed by atoms with E-state index in [0.29, 0.717) is 6.42 Å². The molecule has 1 N–H and O–H groups in total. The maximum Gasteiger partial charge on any atom is 0.326 e. The second-order valence-electron chi connectivity index (χ2n) is 9.58. The number of benzene rings is 3. The molecule has 7 heteroatoms. The van der Waals surface area contributed by atoms with Crippen LogP contribution in [0.15, 0.2) is 84.9 Å². The van der Waals surface area contributed by atoms with Gasteiger partial charge in [0, 0.05) is 13.0 Å². The number of amides is 3. The van der Waals surface area contributed by atoms with Gasteiger partial charge in [-0.05, 0) is 36.1 Å². The van der Waals surface area contributed by atoms with E-state index in [1.165, 1.54) is 9.60 Å². The maximum atomic E-state index is 14.1. The van der Waals surface area contributed by atoms with Gasteiger partial charge in [-0.15, -0.1) is 11.3 Å². The van der Waals surface area contributed by atoms with E-state index in [1.54, 1.807) is 11.3 Å². The number of carbonyl (C=O) groups is 2. The summed E-state index contributed by atoms with van der Waals surface area (Å²) in [7, 11) is 0. The molecule has 3 heterocycles. The number of imide groups is 1. The average molecular weight is 497 g/mol. The number of hydrogen-bond donors (Lipinski definition) is 1. The number of urea groups is 1. The van der Waals surface area contributed by atoms with Crippen LogP contribution in [0, 0.1) is 0 Å². The van der Waals surface area contributed by atoms with Crippen LogP contribution in [-0.4, -0.2) is 39.9 Å². The molecular weight excluding hydrogens is 468 g/mol. The number of rotatable bonds is 6. The quantitative estimate of drug-likeness (QED) is 0.360. The van der Waals surface area contributed by atoms with Crippen LogP contribution < -0.4 is 5.32 Å². The van der Waals surface area contributed by atoms with Gasteiger partial charge in [0.05, 0.1) is 22.9 Å². The Morgan fingerprint density at radius 2 is 1.64 bits per heavy atom. The number of hydrogen-bond acceptors (Lipinski definition) is 5. The lowest BCUT2D eigenvalue weighted by Gasteiger charge is -2.36. The van der Waals surface area contributed by atoms with Gasteiger partial charge in [-0.2, -0.15) is 0 Å². The average Bonchev–Trinajstić information content (AvgIpc) is 3.45. The molecule has 2 aliphatic heterocycles. The van der Waals surface area contributed by atoms with Gasteiger partial charge in [-0.3, -0.25) is 9.69 Å². The molecule has 2 aliphatic rings. The second-order valence-corrected chi connectivity index (χ2v) is 10.6. The van der Waals surface area contributed by atoms with Crippen molar-refractivity contribution in [2.45, 2.75) is 37.3 Å². The van der Waals surface area contributed by atoms with Gasteiger partial charge in [0.1, 0.15) is 5.01 Å². The molecule has 2 fully saturated rings. The molecule has 6 nitrogen and oxygen atoms in total. The molecule has 0 spiro atoms. The highest BCUT2D eigenvalue weighted by Gasteiger charge is 2.53. The molecule has 182 valence electrons. The van der Waals surface area contributed by atoms with Crippen LogP contribution in [0.1, 0.15) is 41.4 Å². The summed E-state index contributed by atoms with van der Waals surface area (Å²) in [6, 6.07) is 27.4. The minimum atomic E-state index is -1.12. The fraction of sp³-hybridized carbons (Fsp3) is 0.276. The third-order valence-electron chi connectivity index (χ3n) is 7.29. The first-order valence-electron chi connectivity index (χ1n) is 12.5. The third-order valence-corrected chi connectivity index (χ3v) is 8.42.